The number of carbonyl (C=O) groups excluding carboxylic acids is 1. The van der Waals surface area contributed by atoms with Crippen LogP contribution in [-0.4, -0.2) is 53.8 Å². The van der Waals surface area contributed by atoms with Crippen molar-refractivity contribution in [1.29, 1.82) is 0 Å². The van der Waals surface area contributed by atoms with E-state index in [1.54, 1.807) is 0 Å². The fourth-order valence-corrected chi connectivity index (χ4v) is 5.87. The topological polar surface area (TPSA) is 50.6 Å². The number of nitrogens with zero attached hydrogens (tertiary/aromatic N) is 4. The first-order valence-corrected chi connectivity index (χ1v) is 16.0. The maximum Gasteiger partial charge on any atom is 0.259 e. The number of pyridine rings is 1. The molecular formula is C25H37N4O2Si. The van der Waals surface area contributed by atoms with Gasteiger partial charge in [-0.25, -0.2) is 4.98 Å². The highest BCUT2D eigenvalue weighted by atomic mass is 28.3. The number of amides is 1. The lowest BCUT2D eigenvalue weighted by Gasteiger charge is -2.44. The molecule has 2 aliphatic carbocycles. The zero-order valence-electron chi connectivity index (χ0n) is 19.8. The number of anilines is 1. The third kappa shape index (κ3) is 4.33. The Balaban J connectivity index is 1.45. The molecule has 0 saturated heterocycles. The van der Waals surface area contributed by atoms with Crippen LogP contribution >= 0.6 is 0 Å². The molecule has 0 bridgehead atoms. The molecule has 5 rings (SSSR count). The summed E-state index contributed by atoms with van der Waals surface area (Å²) in [5, 5.41) is 1.08. The molecule has 0 atom stereocenters. The van der Waals surface area contributed by atoms with Gasteiger partial charge >= 0.3 is 0 Å². The maximum absolute atomic E-state index is 13.4. The second-order valence-electron chi connectivity index (χ2n) is 11.2. The van der Waals surface area contributed by atoms with Crippen molar-refractivity contribution in [1.82, 2.24) is 14.5 Å². The number of hydrogen-bond donors (Lipinski definition) is 0. The third-order valence-corrected chi connectivity index (χ3v) is 9.02. The summed E-state index contributed by atoms with van der Waals surface area (Å²) in [6.07, 6.45) is 10.7. The Kier molecular flexibility index (Phi) is 5.82. The van der Waals surface area contributed by atoms with Gasteiger partial charge in [0, 0.05) is 44.5 Å². The highest BCUT2D eigenvalue weighted by Crippen LogP contribution is 2.42. The molecule has 0 unspecified atom stereocenters. The van der Waals surface area contributed by atoms with E-state index in [1.807, 2.05) is 6.20 Å². The Morgan fingerprint density at radius 1 is 1.09 bits per heavy atom. The summed E-state index contributed by atoms with van der Waals surface area (Å²) < 4.78 is 8.09. The van der Waals surface area contributed by atoms with Gasteiger partial charge in [-0.2, -0.15) is 0 Å². The molecule has 3 heterocycles. The minimum atomic E-state index is -1.11. The van der Waals surface area contributed by atoms with Crippen LogP contribution in [0, 0.1) is 12.8 Å². The quantitative estimate of drug-likeness (QED) is 0.431. The van der Waals surface area contributed by atoms with E-state index in [-0.39, 0.29) is 5.91 Å². The lowest BCUT2D eigenvalue weighted by molar-refractivity contribution is 0.0719. The van der Waals surface area contributed by atoms with E-state index >= 15 is 0 Å². The first-order valence-electron chi connectivity index (χ1n) is 12.3. The van der Waals surface area contributed by atoms with Crippen molar-refractivity contribution in [3.8, 4) is 0 Å². The van der Waals surface area contributed by atoms with Crippen LogP contribution in [0.25, 0.3) is 11.0 Å². The number of carbonyl (C=O) groups is 1. The first kappa shape index (κ1) is 22.0. The summed E-state index contributed by atoms with van der Waals surface area (Å²) in [6, 6.07) is 4.15. The molecule has 2 aromatic rings. The van der Waals surface area contributed by atoms with Crippen LogP contribution in [-0.2, 0) is 11.5 Å². The van der Waals surface area contributed by atoms with Gasteiger partial charge < -0.3 is 19.1 Å². The molecular weight excluding hydrogens is 416 g/mol. The highest BCUT2D eigenvalue weighted by molar-refractivity contribution is 6.76. The summed E-state index contributed by atoms with van der Waals surface area (Å²) >= 11 is 0. The molecule has 0 spiro atoms. The average molecular weight is 454 g/mol. The summed E-state index contributed by atoms with van der Waals surface area (Å²) in [7, 11) is -1.11. The smallest absolute Gasteiger partial charge is 0.259 e. The van der Waals surface area contributed by atoms with Crippen molar-refractivity contribution < 1.29 is 9.53 Å². The Morgan fingerprint density at radius 2 is 1.78 bits per heavy atom. The Bertz CT molecular complexity index is 986. The van der Waals surface area contributed by atoms with E-state index in [0.717, 1.165) is 73.5 Å². The van der Waals surface area contributed by atoms with E-state index in [0.29, 0.717) is 31.4 Å². The molecule has 1 aliphatic heterocycles. The fourth-order valence-electron chi connectivity index (χ4n) is 5.11. The molecule has 2 aromatic heterocycles. The summed E-state index contributed by atoms with van der Waals surface area (Å²) in [5.41, 5.74) is 2.77. The van der Waals surface area contributed by atoms with E-state index < -0.39 is 8.07 Å². The lowest BCUT2D eigenvalue weighted by atomic mass is 9.86. The van der Waals surface area contributed by atoms with Crippen LogP contribution in [0.3, 0.4) is 0 Å². The van der Waals surface area contributed by atoms with E-state index in [4.69, 9.17) is 9.72 Å². The van der Waals surface area contributed by atoms with Crippen LogP contribution in [0.4, 0.5) is 5.69 Å². The highest BCUT2D eigenvalue weighted by Gasteiger charge is 2.42. The van der Waals surface area contributed by atoms with Crippen molar-refractivity contribution in [2.75, 3.05) is 18.2 Å². The molecule has 1 amide bonds. The van der Waals surface area contributed by atoms with Gasteiger partial charge in [0.15, 0.2) is 0 Å². The molecule has 6 nitrogen and oxygen atoms in total. The minimum Gasteiger partial charge on any atom is -0.361 e. The molecule has 32 heavy (non-hydrogen) atoms. The van der Waals surface area contributed by atoms with Gasteiger partial charge in [0.05, 0.1) is 17.9 Å². The SMILES string of the molecule is [CH2][C@H]1CC[C@H](N2CN(C3CC3)C(=O)c3cnc4c(ccn4COCC[Si](C)(C)C)c32)CC1. The molecule has 2 saturated carbocycles. The Hall–Kier alpha value is -1.86. The van der Waals surface area contributed by atoms with E-state index in [2.05, 4.69) is 53.2 Å². The van der Waals surface area contributed by atoms with E-state index in [9.17, 15) is 4.79 Å². The van der Waals surface area contributed by atoms with Crippen LogP contribution in [0.1, 0.15) is 48.9 Å². The molecule has 7 heteroatoms. The average Bonchev–Trinajstić information content (AvgIpc) is 3.51. The van der Waals surface area contributed by atoms with Crippen molar-refractivity contribution >= 4 is 30.7 Å². The summed E-state index contributed by atoms with van der Waals surface area (Å²) in [5.74, 6) is 0.710. The van der Waals surface area contributed by atoms with Crippen molar-refractivity contribution in [3.05, 3.63) is 30.9 Å². The summed E-state index contributed by atoms with van der Waals surface area (Å²) in [6.45, 7) is 13.4. The van der Waals surface area contributed by atoms with Crippen molar-refractivity contribution in [3.63, 3.8) is 0 Å². The molecule has 2 fully saturated rings. The second-order valence-corrected chi connectivity index (χ2v) is 16.8. The van der Waals surface area contributed by atoms with Gasteiger partial charge in [0.2, 0.25) is 0 Å². The van der Waals surface area contributed by atoms with E-state index in [1.165, 1.54) is 0 Å². The molecule has 0 aromatic carbocycles. The standard InChI is InChI=1S/C25H37N4O2Si/c1-18-5-7-19(8-6-18)28-16-29(20-9-10-20)25(30)22-15-26-24-21(23(22)28)11-12-27(24)17-31-13-14-32(2,3)4/h11-12,15,18-20H,1,5-10,13-14,16-17H2,2-4H3/t18-,19-. The monoisotopic (exact) mass is 453 g/mol. The van der Waals surface area contributed by atoms with Gasteiger partial charge in [-0.3, -0.25) is 4.79 Å². The lowest BCUT2D eigenvalue weighted by Crippen LogP contribution is -2.52. The number of ether oxygens (including phenoxy) is 1. The Morgan fingerprint density at radius 3 is 2.47 bits per heavy atom. The normalized spacial score (nSPS) is 24.3. The molecule has 1 radical (unpaired) electrons. The second kappa shape index (κ2) is 8.49. The minimum absolute atomic E-state index is 0.151. The first-order chi connectivity index (χ1) is 15.3. The molecule has 3 aliphatic rings. The van der Waals surface area contributed by atoms with Crippen molar-refractivity contribution in [2.45, 2.75) is 83.0 Å². The number of hydrogen-bond acceptors (Lipinski definition) is 4. The number of aromatic nitrogens is 2. The maximum atomic E-state index is 13.4. The Labute approximate surface area is 192 Å². The van der Waals surface area contributed by atoms with Crippen molar-refractivity contribution in [2.24, 2.45) is 5.92 Å². The summed E-state index contributed by atoms with van der Waals surface area (Å²) in [4.78, 5) is 22.7. The predicted molar refractivity (Wildman–Crippen MR) is 131 cm³/mol. The fraction of sp³-hybridized carbons (Fsp3) is 0.640. The predicted octanol–water partition coefficient (Wildman–Crippen LogP) is 5.12. The molecule has 0 N–H and O–H groups in total. The van der Waals surface area contributed by atoms with Gasteiger partial charge in [0.1, 0.15) is 12.4 Å². The van der Waals surface area contributed by atoms with Crippen LogP contribution in [0.5, 0.6) is 0 Å². The van der Waals surface area contributed by atoms with Gasteiger partial charge in [-0.15, -0.1) is 0 Å². The van der Waals surface area contributed by atoms with Gasteiger partial charge in [-0.1, -0.05) is 26.6 Å². The van der Waals surface area contributed by atoms with Gasteiger partial charge in [0.25, 0.3) is 5.91 Å². The number of rotatable bonds is 7. The third-order valence-electron chi connectivity index (χ3n) is 7.31. The largest absolute Gasteiger partial charge is 0.361 e. The van der Waals surface area contributed by atoms with Crippen LogP contribution in [0.2, 0.25) is 25.7 Å². The zero-order valence-corrected chi connectivity index (χ0v) is 20.8. The van der Waals surface area contributed by atoms with Crippen LogP contribution in [0.15, 0.2) is 18.5 Å². The molecule has 173 valence electrons. The number of fused-ring (bicyclic) bond motifs is 3. The van der Waals surface area contributed by atoms with Gasteiger partial charge in [-0.05, 0) is 56.6 Å². The zero-order chi connectivity index (χ0) is 22.5. The van der Waals surface area contributed by atoms with Crippen LogP contribution < -0.4 is 4.90 Å².